The number of thiocarbonyl (C=S) groups is 1. The van der Waals surface area contributed by atoms with Crippen LogP contribution in [0.2, 0.25) is 0 Å². The van der Waals surface area contributed by atoms with Crippen LogP contribution in [0.15, 0.2) is 12.4 Å². The van der Waals surface area contributed by atoms with Crippen molar-refractivity contribution in [2.24, 2.45) is 0 Å². The first-order valence-corrected chi connectivity index (χ1v) is 5.23. The van der Waals surface area contributed by atoms with Crippen molar-refractivity contribution in [3.63, 3.8) is 0 Å². The Morgan fingerprint density at radius 1 is 1.57 bits per heavy atom. The number of aromatic amines is 1. The fourth-order valence-corrected chi connectivity index (χ4v) is 1.17. The standard InChI is InChI=1S/C9H16N4S/c1-2-3-4-10-9(14)11-5-8-6-12-13-7-8/h6-7H,2-5H2,1H3,(H,12,13)(H2,10,11,14). The van der Waals surface area contributed by atoms with E-state index in [1.807, 2.05) is 6.20 Å². The summed E-state index contributed by atoms with van der Waals surface area (Å²) in [6.45, 7) is 3.81. The molecule has 3 N–H and O–H groups in total. The molecule has 0 unspecified atom stereocenters. The van der Waals surface area contributed by atoms with Gasteiger partial charge in [0.1, 0.15) is 0 Å². The molecule has 0 aliphatic rings. The van der Waals surface area contributed by atoms with Gasteiger partial charge >= 0.3 is 0 Å². The Balaban J connectivity index is 2.09. The summed E-state index contributed by atoms with van der Waals surface area (Å²) >= 11 is 5.09. The molecule has 4 nitrogen and oxygen atoms in total. The third kappa shape index (κ3) is 4.23. The van der Waals surface area contributed by atoms with E-state index in [-0.39, 0.29) is 0 Å². The highest BCUT2D eigenvalue weighted by atomic mass is 32.1. The second-order valence-corrected chi connectivity index (χ2v) is 3.48. The molecule has 0 amide bonds. The molecule has 14 heavy (non-hydrogen) atoms. The zero-order valence-electron chi connectivity index (χ0n) is 8.34. The second-order valence-electron chi connectivity index (χ2n) is 3.07. The van der Waals surface area contributed by atoms with E-state index < -0.39 is 0 Å². The minimum Gasteiger partial charge on any atom is -0.363 e. The maximum absolute atomic E-state index is 5.09. The number of aromatic nitrogens is 2. The molecule has 0 spiro atoms. The summed E-state index contributed by atoms with van der Waals surface area (Å²) in [5, 5.41) is 13.5. The lowest BCUT2D eigenvalue weighted by molar-refractivity contribution is 0.739. The predicted molar refractivity (Wildman–Crippen MR) is 60.9 cm³/mol. The molecule has 0 saturated heterocycles. The molecular weight excluding hydrogens is 196 g/mol. The van der Waals surface area contributed by atoms with Crippen LogP contribution in [0.4, 0.5) is 0 Å². The van der Waals surface area contributed by atoms with Gasteiger partial charge in [0.05, 0.1) is 6.20 Å². The first-order chi connectivity index (χ1) is 6.83. The molecule has 0 radical (unpaired) electrons. The van der Waals surface area contributed by atoms with Crippen molar-refractivity contribution in [2.45, 2.75) is 26.3 Å². The fourth-order valence-electron chi connectivity index (χ4n) is 0.998. The molecule has 1 aromatic heterocycles. The number of H-pyrrole nitrogens is 1. The van der Waals surface area contributed by atoms with Crippen LogP contribution < -0.4 is 10.6 Å². The van der Waals surface area contributed by atoms with Crippen LogP contribution in [0, 0.1) is 0 Å². The van der Waals surface area contributed by atoms with Crippen molar-refractivity contribution in [3.8, 4) is 0 Å². The van der Waals surface area contributed by atoms with E-state index in [9.17, 15) is 0 Å². The van der Waals surface area contributed by atoms with Gasteiger partial charge in [-0.1, -0.05) is 13.3 Å². The van der Waals surface area contributed by atoms with Crippen LogP contribution in [-0.2, 0) is 6.54 Å². The van der Waals surface area contributed by atoms with E-state index in [1.54, 1.807) is 6.20 Å². The van der Waals surface area contributed by atoms with Gasteiger partial charge in [-0.25, -0.2) is 0 Å². The molecule has 0 saturated carbocycles. The van der Waals surface area contributed by atoms with E-state index in [2.05, 4.69) is 27.8 Å². The Morgan fingerprint density at radius 3 is 3.07 bits per heavy atom. The number of nitrogens with one attached hydrogen (secondary N) is 3. The molecule has 1 aromatic rings. The molecule has 0 aliphatic carbocycles. The summed E-state index contributed by atoms with van der Waals surface area (Å²) in [7, 11) is 0. The molecule has 0 aromatic carbocycles. The van der Waals surface area contributed by atoms with E-state index in [0.29, 0.717) is 11.7 Å². The minimum atomic E-state index is 0.708. The van der Waals surface area contributed by atoms with Gasteiger partial charge in [0.2, 0.25) is 0 Å². The van der Waals surface area contributed by atoms with Gasteiger partial charge in [0.25, 0.3) is 0 Å². The first kappa shape index (κ1) is 11.0. The smallest absolute Gasteiger partial charge is 0.166 e. The largest absolute Gasteiger partial charge is 0.363 e. The van der Waals surface area contributed by atoms with Crippen molar-refractivity contribution in [2.75, 3.05) is 6.54 Å². The summed E-state index contributed by atoms with van der Waals surface area (Å²) in [6.07, 6.45) is 5.95. The SMILES string of the molecule is CCCCNC(=S)NCc1cn[nH]c1. The zero-order valence-corrected chi connectivity index (χ0v) is 9.16. The summed E-state index contributed by atoms with van der Waals surface area (Å²) in [5.74, 6) is 0. The van der Waals surface area contributed by atoms with E-state index in [4.69, 9.17) is 12.2 Å². The predicted octanol–water partition coefficient (Wildman–Crippen LogP) is 1.17. The van der Waals surface area contributed by atoms with E-state index >= 15 is 0 Å². The molecule has 78 valence electrons. The number of unbranched alkanes of at least 4 members (excludes halogenated alkanes) is 1. The highest BCUT2D eigenvalue weighted by Crippen LogP contribution is 1.91. The van der Waals surface area contributed by atoms with Crippen molar-refractivity contribution >= 4 is 17.3 Å². The van der Waals surface area contributed by atoms with Crippen LogP contribution in [0.5, 0.6) is 0 Å². The van der Waals surface area contributed by atoms with Crippen LogP contribution >= 0.6 is 12.2 Å². The average Bonchev–Trinajstić information content (AvgIpc) is 2.68. The Bertz CT molecular complexity index is 258. The monoisotopic (exact) mass is 212 g/mol. The summed E-state index contributed by atoms with van der Waals surface area (Å²) in [5.41, 5.74) is 1.10. The van der Waals surface area contributed by atoms with Crippen LogP contribution in [0.1, 0.15) is 25.3 Å². The van der Waals surface area contributed by atoms with Gasteiger partial charge in [0.15, 0.2) is 5.11 Å². The maximum Gasteiger partial charge on any atom is 0.166 e. The Labute approximate surface area is 89.5 Å². The van der Waals surface area contributed by atoms with Gasteiger partial charge in [-0.2, -0.15) is 5.10 Å². The highest BCUT2D eigenvalue weighted by Gasteiger charge is 1.95. The van der Waals surface area contributed by atoms with E-state index in [1.165, 1.54) is 6.42 Å². The van der Waals surface area contributed by atoms with Gasteiger partial charge in [-0.3, -0.25) is 5.10 Å². The number of hydrogen-bond donors (Lipinski definition) is 3. The molecule has 0 aliphatic heterocycles. The lowest BCUT2D eigenvalue weighted by Crippen LogP contribution is -2.35. The summed E-state index contributed by atoms with van der Waals surface area (Å²) in [4.78, 5) is 0. The minimum absolute atomic E-state index is 0.708. The third-order valence-electron chi connectivity index (χ3n) is 1.82. The van der Waals surface area contributed by atoms with Crippen molar-refractivity contribution in [3.05, 3.63) is 18.0 Å². The van der Waals surface area contributed by atoms with Gasteiger partial charge in [0, 0.05) is 24.8 Å². The second kappa shape index (κ2) is 6.37. The molecule has 1 rings (SSSR count). The van der Waals surface area contributed by atoms with Crippen LogP contribution in [-0.4, -0.2) is 21.9 Å². The Morgan fingerprint density at radius 2 is 2.43 bits per heavy atom. The normalized spacial score (nSPS) is 9.79. The number of rotatable bonds is 5. The number of hydrogen-bond acceptors (Lipinski definition) is 2. The molecule has 1 heterocycles. The fraction of sp³-hybridized carbons (Fsp3) is 0.556. The van der Waals surface area contributed by atoms with Gasteiger partial charge < -0.3 is 10.6 Å². The lowest BCUT2D eigenvalue weighted by atomic mass is 10.3. The van der Waals surface area contributed by atoms with Crippen molar-refractivity contribution in [1.82, 2.24) is 20.8 Å². The zero-order chi connectivity index (χ0) is 10.2. The summed E-state index contributed by atoms with van der Waals surface area (Å²) in [6, 6.07) is 0. The molecule has 5 heteroatoms. The maximum atomic E-state index is 5.09. The quantitative estimate of drug-likeness (QED) is 0.506. The Kier molecular flexibility index (Phi) is 4.99. The van der Waals surface area contributed by atoms with Gasteiger partial charge in [-0.05, 0) is 18.6 Å². The van der Waals surface area contributed by atoms with E-state index in [0.717, 1.165) is 18.5 Å². The third-order valence-corrected chi connectivity index (χ3v) is 2.11. The highest BCUT2D eigenvalue weighted by molar-refractivity contribution is 7.80. The van der Waals surface area contributed by atoms with Crippen LogP contribution in [0.3, 0.4) is 0 Å². The van der Waals surface area contributed by atoms with Crippen LogP contribution in [0.25, 0.3) is 0 Å². The van der Waals surface area contributed by atoms with Crippen molar-refractivity contribution < 1.29 is 0 Å². The van der Waals surface area contributed by atoms with Crippen molar-refractivity contribution in [1.29, 1.82) is 0 Å². The summed E-state index contributed by atoms with van der Waals surface area (Å²) < 4.78 is 0. The molecular formula is C9H16N4S. The lowest BCUT2D eigenvalue weighted by Gasteiger charge is -2.08. The Hall–Kier alpha value is -1.10. The van der Waals surface area contributed by atoms with Gasteiger partial charge in [-0.15, -0.1) is 0 Å². The number of nitrogens with zero attached hydrogens (tertiary/aromatic N) is 1. The topological polar surface area (TPSA) is 52.7 Å². The average molecular weight is 212 g/mol. The first-order valence-electron chi connectivity index (χ1n) is 4.82. The molecule has 0 bridgehead atoms. The molecule has 0 atom stereocenters. The molecule has 0 fully saturated rings.